The maximum atomic E-state index is 14.2. The SMILES string of the molecule is CC(C)[C@H](NC(=O)[C@@H]1Cc2c([nH]c3ccccc23)C2c3ccccc3C(=O)N21)C(=O)NCc1c(F)cccc1Cl. The van der Waals surface area contributed by atoms with E-state index in [-0.39, 0.29) is 29.0 Å². The summed E-state index contributed by atoms with van der Waals surface area (Å²) in [7, 11) is 0. The summed E-state index contributed by atoms with van der Waals surface area (Å²) in [4.78, 5) is 45.9. The summed E-state index contributed by atoms with van der Waals surface area (Å²) in [6.45, 7) is 3.52. The number of H-pyrrole nitrogens is 1. The summed E-state index contributed by atoms with van der Waals surface area (Å²) in [5.41, 5.74) is 4.42. The molecular formula is C31H28ClFN4O3. The lowest BCUT2D eigenvalue weighted by Crippen LogP contribution is -2.57. The van der Waals surface area contributed by atoms with Crippen LogP contribution in [0.1, 0.15) is 52.6 Å². The van der Waals surface area contributed by atoms with Crippen molar-refractivity contribution in [3.8, 4) is 0 Å². The Morgan fingerprint density at radius 3 is 2.60 bits per heavy atom. The molecule has 9 heteroatoms. The van der Waals surface area contributed by atoms with Crippen molar-refractivity contribution in [1.82, 2.24) is 20.5 Å². The minimum atomic E-state index is -0.902. The van der Waals surface area contributed by atoms with Gasteiger partial charge in [0.05, 0.1) is 6.04 Å². The van der Waals surface area contributed by atoms with Gasteiger partial charge in [-0.05, 0) is 41.3 Å². The van der Waals surface area contributed by atoms with Crippen molar-refractivity contribution in [2.75, 3.05) is 0 Å². The van der Waals surface area contributed by atoms with Crippen molar-refractivity contribution in [1.29, 1.82) is 0 Å². The van der Waals surface area contributed by atoms with Crippen LogP contribution in [-0.4, -0.2) is 39.7 Å². The number of carbonyl (C=O) groups is 3. The van der Waals surface area contributed by atoms with Crippen LogP contribution in [0.5, 0.6) is 0 Å². The lowest BCUT2D eigenvalue weighted by molar-refractivity contribution is -0.133. The van der Waals surface area contributed by atoms with Gasteiger partial charge in [-0.2, -0.15) is 0 Å². The largest absolute Gasteiger partial charge is 0.356 e. The van der Waals surface area contributed by atoms with Crippen LogP contribution in [0.25, 0.3) is 10.9 Å². The number of rotatable bonds is 6. The van der Waals surface area contributed by atoms with Crippen LogP contribution in [0.4, 0.5) is 4.39 Å². The fourth-order valence-electron chi connectivity index (χ4n) is 5.91. The number of amides is 3. The number of nitrogens with zero attached hydrogens (tertiary/aromatic N) is 1. The third-order valence-electron chi connectivity index (χ3n) is 7.90. The van der Waals surface area contributed by atoms with E-state index in [4.69, 9.17) is 11.6 Å². The van der Waals surface area contributed by atoms with Crippen LogP contribution in [0.3, 0.4) is 0 Å². The second-order valence-corrected chi connectivity index (χ2v) is 11.0. The first-order valence-corrected chi connectivity index (χ1v) is 13.7. The monoisotopic (exact) mass is 558 g/mol. The van der Waals surface area contributed by atoms with Gasteiger partial charge in [0.2, 0.25) is 11.8 Å². The molecule has 1 unspecified atom stereocenters. The average Bonchev–Trinajstić information content (AvgIpc) is 3.46. The van der Waals surface area contributed by atoms with Crippen molar-refractivity contribution in [2.45, 2.75) is 44.9 Å². The lowest BCUT2D eigenvalue weighted by Gasteiger charge is -2.38. The Balaban J connectivity index is 1.30. The second-order valence-electron chi connectivity index (χ2n) is 10.6. The van der Waals surface area contributed by atoms with Crippen LogP contribution in [0, 0.1) is 11.7 Å². The summed E-state index contributed by atoms with van der Waals surface area (Å²) in [6.07, 6.45) is 0.304. The normalized spacial score (nSPS) is 18.3. The third-order valence-corrected chi connectivity index (χ3v) is 8.26. The molecule has 3 aromatic carbocycles. The van der Waals surface area contributed by atoms with Gasteiger partial charge in [0.1, 0.15) is 17.9 Å². The smallest absolute Gasteiger partial charge is 0.255 e. The Morgan fingerprint density at radius 1 is 1.07 bits per heavy atom. The Labute approximate surface area is 235 Å². The Kier molecular flexibility index (Phi) is 6.58. The quantitative estimate of drug-likeness (QED) is 0.315. The Bertz CT molecular complexity index is 1650. The molecule has 204 valence electrons. The zero-order chi connectivity index (χ0) is 28.1. The first-order chi connectivity index (χ1) is 19.3. The van der Waals surface area contributed by atoms with E-state index in [1.54, 1.807) is 17.0 Å². The molecule has 3 N–H and O–H groups in total. The van der Waals surface area contributed by atoms with E-state index >= 15 is 0 Å². The molecule has 2 aliphatic rings. The zero-order valence-electron chi connectivity index (χ0n) is 22.0. The molecule has 1 aromatic heterocycles. The number of hydrogen-bond donors (Lipinski definition) is 3. The van der Waals surface area contributed by atoms with E-state index in [2.05, 4.69) is 15.6 Å². The highest BCUT2D eigenvalue weighted by Gasteiger charge is 2.49. The molecule has 0 spiro atoms. The van der Waals surface area contributed by atoms with Gasteiger partial charge in [-0.25, -0.2) is 4.39 Å². The van der Waals surface area contributed by atoms with Gasteiger partial charge in [-0.3, -0.25) is 14.4 Å². The van der Waals surface area contributed by atoms with Crippen molar-refractivity contribution < 1.29 is 18.8 Å². The molecule has 0 fully saturated rings. The topological polar surface area (TPSA) is 94.3 Å². The third kappa shape index (κ3) is 4.23. The average molecular weight is 559 g/mol. The number of aromatic amines is 1. The summed E-state index contributed by atoms with van der Waals surface area (Å²) in [5, 5.41) is 6.83. The first-order valence-electron chi connectivity index (χ1n) is 13.3. The summed E-state index contributed by atoms with van der Waals surface area (Å²) in [6, 6.07) is 17.5. The Hall–Kier alpha value is -4.17. The van der Waals surface area contributed by atoms with Gasteiger partial charge in [0.25, 0.3) is 5.91 Å². The summed E-state index contributed by atoms with van der Waals surface area (Å²) >= 11 is 6.12. The van der Waals surface area contributed by atoms with Crippen molar-refractivity contribution >= 4 is 40.2 Å². The van der Waals surface area contributed by atoms with Crippen LogP contribution >= 0.6 is 11.6 Å². The second kappa shape index (κ2) is 10.1. The van der Waals surface area contributed by atoms with Crippen molar-refractivity contribution in [2.24, 2.45) is 5.92 Å². The number of benzene rings is 3. The molecule has 3 atom stereocenters. The molecule has 3 heterocycles. The molecule has 0 aliphatic carbocycles. The lowest BCUT2D eigenvalue weighted by atomic mass is 9.89. The van der Waals surface area contributed by atoms with Crippen LogP contribution in [-0.2, 0) is 22.6 Å². The van der Waals surface area contributed by atoms with Crippen molar-refractivity contribution in [3.05, 3.63) is 106 Å². The molecule has 7 nitrogen and oxygen atoms in total. The molecule has 4 aromatic rings. The van der Waals surface area contributed by atoms with E-state index in [0.29, 0.717) is 12.0 Å². The van der Waals surface area contributed by atoms with Crippen LogP contribution in [0.2, 0.25) is 5.02 Å². The zero-order valence-corrected chi connectivity index (χ0v) is 22.8. The summed E-state index contributed by atoms with van der Waals surface area (Å²) < 4.78 is 14.2. The highest BCUT2D eigenvalue weighted by atomic mass is 35.5. The number of para-hydroxylation sites is 1. The van der Waals surface area contributed by atoms with Gasteiger partial charge in [0.15, 0.2) is 0 Å². The maximum absolute atomic E-state index is 14.2. The molecular weight excluding hydrogens is 531 g/mol. The number of halogens is 2. The predicted molar refractivity (Wildman–Crippen MR) is 150 cm³/mol. The van der Waals surface area contributed by atoms with Crippen LogP contribution in [0.15, 0.2) is 66.7 Å². The van der Waals surface area contributed by atoms with E-state index in [1.165, 1.54) is 12.1 Å². The molecule has 3 amide bonds. The van der Waals surface area contributed by atoms with E-state index in [0.717, 1.165) is 27.7 Å². The van der Waals surface area contributed by atoms with Crippen LogP contribution < -0.4 is 10.6 Å². The Morgan fingerprint density at radius 2 is 1.82 bits per heavy atom. The fourth-order valence-corrected chi connectivity index (χ4v) is 6.14. The van der Waals surface area contributed by atoms with Crippen molar-refractivity contribution in [3.63, 3.8) is 0 Å². The molecule has 40 heavy (non-hydrogen) atoms. The van der Waals surface area contributed by atoms with Gasteiger partial charge < -0.3 is 20.5 Å². The molecule has 0 bridgehead atoms. The standard InChI is InChI=1S/C31H28ClFN4O3/c1-16(2)26(30(39)34-15-21-22(32)11-7-12-23(21)33)36-29(38)25-14-20-17-8-5-6-13-24(17)35-27(20)28-18-9-3-4-10-19(18)31(40)37(25)28/h3-13,16,25-26,28,35H,14-15H2,1-2H3,(H,34,39)(H,36,38)/t25-,26-,28?/m0/s1. The molecule has 0 saturated heterocycles. The highest BCUT2D eigenvalue weighted by Crippen LogP contribution is 2.46. The minimum absolute atomic E-state index is 0.118. The number of hydrogen-bond acceptors (Lipinski definition) is 3. The van der Waals surface area contributed by atoms with Gasteiger partial charge >= 0.3 is 0 Å². The molecule has 0 radical (unpaired) electrons. The van der Waals surface area contributed by atoms with E-state index in [1.807, 2.05) is 56.3 Å². The van der Waals surface area contributed by atoms with Gasteiger partial charge in [-0.15, -0.1) is 0 Å². The minimum Gasteiger partial charge on any atom is -0.356 e. The number of aromatic nitrogens is 1. The fraction of sp³-hybridized carbons (Fsp3) is 0.258. The van der Waals surface area contributed by atoms with E-state index < -0.39 is 35.8 Å². The maximum Gasteiger partial charge on any atom is 0.255 e. The number of fused-ring (bicyclic) bond motifs is 7. The number of nitrogens with one attached hydrogen (secondary N) is 3. The molecule has 6 rings (SSSR count). The predicted octanol–water partition coefficient (Wildman–Crippen LogP) is 4.89. The molecule has 2 aliphatic heterocycles. The highest BCUT2D eigenvalue weighted by molar-refractivity contribution is 6.31. The summed E-state index contributed by atoms with van der Waals surface area (Å²) in [5.74, 6) is -1.88. The first kappa shape index (κ1) is 26.1. The number of carbonyl (C=O) groups excluding carboxylic acids is 3. The molecule has 0 saturated carbocycles. The van der Waals surface area contributed by atoms with Gasteiger partial charge in [-0.1, -0.05) is 67.9 Å². The van der Waals surface area contributed by atoms with E-state index in [9.17, 15) is 18.8 Å². The van der Waals surface area contributed by atoms with Gasteiger partial charge in [0, 0.05) is 45.7 Å².